The van der Waals surface area contributed by atoms with E-state index in [1.807, 2.05) is 0 Å². The summed E-state index contributed by atoms with van der Waals surface area (Å²) in [5.74, 6) is -0.182. The average Bonchev–Trinajstić information content (AvgIpc) is 1.97. The molecule has 1 unspecified atom stereocenters. The second kappa shape index (κ2) is 6.45. The third-order valence-electron chi connectivity index (χ3n) is 1.10. The molecule has 0 aliphatic heterocycles. The van der Waals surface area contributed by atoms with Crippen LogP contribution < -0.4 is 5.73 Å². The van der Waals surface area contributed by atoms with E-state index in [1.54, 1.807) is 7.11 Å². The van der Waals surface area contributed by atoms with Crippen LogP contribution in [0.2, 0.25) is 0 Å². The lowest BCUT2D eigenvalue weighted by molar-refractivity contribution is -0.136. The summed E-state index contributed by atoms with van der Waals surface area (Å²) in [6.45, 7) is 0.734. The lowest BCUT2D eigenvalue weighted by Gasteiger charge is -2.07. The highest BCUT2D eigenvalue weighted by Crippen LogP contribution is 2.08. The van der Waals surface area contributed by atoms with Gasteiger partial charge in [-0.05, 0) is 0 Å². The van der Waals surface area contributed by atoms with Gasteiger partial charge in [0.1, 0.15) is 5.25 Å². The molecule has 0 aromatic carbocycles. The summed E-state index contributed by atoms with van der Waals surface area (Å²) < 4.78 is 4.76. The minimum atomic E-state index is -0.853. The summed E-state index contributed by atoms with van der Waals surface area (Å²) in [6, 6.07) is 0. The molecule has 0 amide bonds. The Balaban J connectivity index is 3.44. The van der Waals surface area contributed by atoms with Gasteiger partial charge in [0.25, 0.3) is 0 Å². The molecule has 11 heavy (non-hydrogen) atoms. The summed E-state index contributed by atoms with van der Waals surface area (Å²) in [6.07, 6.45) is 0. The third-order valence-corrected chi connectivity index (χ3v) is 2.29. The summed E-state index contributed by atoms with van der Waals surface area (Å²) in [5.41, 5.74) is 5.21. The van der Waals surface area contributed by atoms with Gasteiger partial charge in [-0.25, -0.2) is 0 Å². The number of nitrogens with two attached hydrogens (primary N) is 1. The molecule has 5 heteroatoms. The molecule has 0 aromatic rings. The van der Waals surface area contributed by atoms with Crippen molar-refractivity contribution in [3.8, 4) is 0 Å². The Labute approximate surface area is 70.1 Å². The van der Waals surface area contributed by atoms with Crippen molar-refractivity contribution in [1.82, 2.24) is 0 Å². The monoisotopic (exact) mass is 179 g/mol. The normalized spacial score (nSPS) is 12.9. The Bertz CT molecular complexity index is 120. The van der Waals surface area contributed by atoms with Gasteiger partial charge in [-0.15, -0.1) is 11.8 Å². The Morgan fingerprint density at radius 1 is 1.82 bits per heavy atom. The maximum Gasteiger partial charge on any atom is 0.317 e. The molecule has 3 N–H and O–H groups in total. The number of carboxylic acid groups (broad SMARTS) is 1. The van der Waals surface area contributed by atoms with Crippen molar-refractivity contribution in [3.63, 3.8) is 0 Å². The van der Waals surface area contributed by atoms with Crippen LogP contribution in [-0.2, 0) is 9.53 Å². The first-order chi connectivity index (χ1) is 5.22. The van der Waals surface area contributed by atoms with Crippen molar-refractivity contribution in [3.05, 3.63) is 0 Å². The molecule has 4 nitrogen and oxygen atoms in total. The minimum absolute atomic E-state index is 0.170. The topological polar surface area (TPSA) is 72.5 Å². The fourth-order valence-corrected chi connectivity index (χ4v) is 1.34. The molecule has 0 radical (unpaired) electrons. The van der Waals surface area contributed by atoms with Crippen molar-refractivity contribution in [2.24, 2.45) is 5.73 Å². The zero-order valence-electron chi connectivity index (χ0n) is 6.45. The van der Waals surface area contributed by atoms with Crippen molar-refractivity contribution < 1.29 is 14.6 Å². The zero-order valence-corrected chi connectivity index (χ0v) is 7.26. The van der Waals surface area contributed by atoms with Gasteiger partial charge in [0.15, 0.2) is 0 Å². The van der Waals surface area contributed by atoms with Gasteiger partial charge < -0.3 is 15.6 Å². The Morgan fingerprint density at radius 3 is 2.82 bits per heavy atom. The van der Waals surface area contributed by atoms with Gasteiger partial charge in [0, 0.05) is 19.4 Å². The molecule has 0 spiro atoms. The second-order valence-electron chi connectivity index (χ2n) is 1.93. The maximum atomic E-state index is 10.4. The summed E-state index contributed by atoms with van der Waals surface area (Å²) in [4.78, 5) is 10.4. The van der Waals surface area contributed by atoms with Gasteiger partial charge >= 0.3 is 5.97 Å². The Hall–Kier alpha value is -0.260. The van der Waals surface area contributed by atoms with E-state index in [2.05, 4.69) is 0 Å². The number of thioether (sulfide) groups is 1. The molecule has 0 aliphatic carbocycles. The van der Waals surface area contributed by atoms with Gasteiger partial charge in [-0.1, -0.05) is 0 Å². The van der Waals surface area contributed by atoms with Gasteiger partial charge in [0.05, 0.1) is 6.61 Å². The lowest BCUT2D eigenvalue weighted by atomic mass is 10.4. The number of ether oxygens (including phenoxy) is 1. The van der Waals surface area contributed by atoms with Crippen LogP contribution in [0.15, 0.2) is 0 Å². The van der Waals surface area contributed by atoms with E-state index in [4.69, 9.17) is 15.6 Å². The number of methoxy groups -OCH3 is 1. The van der Waals surface area contributed by atoms with E-state index >= 15 is 0 Å². The van der Waals surface area contributed by atoms with E-state index in [9.17, 15) is 4.79 Å². The number of rotatable bonds is 6. The van der Waals surface area contributed by atoms with Gasteiger partial charge in [-0.3, -0.25) is 4.79 Å². The van der Waals surface area contributed by atoms with E-state index in [-0.39, 0.29) is 6.54 Å². The highest BCUT2D eigenvalue weighted by atomic mass is 32.2. The van der Waals surface area contributed by atoms with Crippen LogP contribution in [0.25, 0.3) is 0 Å². The van der Waals surface area contributed by atoms with Crippen LogP contribution in [0.4, 0.5) is 0 Å². The highest BCUT2D eigenvalue weighted by molar-refractivity contribution is 8.00. The van der Waals surface area contributed by atoms with Gasteiger partial charge in [0.2, 0.25) is 0 Å². The molecule has 0 aromatic heterocycles. The van der Waals surface area contributed by atoms with Crippen molar-refractivity contribution in [1.29, 1.82) is 0 Å². The molecule has 0 fully saturated rings. The summed E-state index contributed by atoms with van der Waals surface area (Å²) in [7, 11) is 1.58. The SMILES string of the molecule is COCCSC(CN)C(=O)O. The van der Waals surface area contributed by atoms with Crippen LogP contribution in [0.5, 0.6) is 0 Å². The first-order valence-corrected chi connectivity index (χ1v) is 4.30. The van der Waals surface area contributed by atoms with Crippen LogP contribution in [-0.4, -0.2) is 42.3 Å². The minimum Gasteiger partial charge on any atom is -0.480 e. The lowest BCUT2D eigenvalue weighted by Crippen LogP contribution is -2.26. The smallest absolute Gasteiger partial charge is 0.317 e. The number of hydrogen-bond acceptors (Lipinski definition) is 4. The average molecular weight is 179 g/mol. The maximum absolute atomic E-state index is 10.4. The molecule has 0 rings (SSSR count). The predicted octanol–water partition coefficient (Wildman–Crippen LogP) is -0.222. The number of carboxylic acids is 1. The zero-order chi connectivity index (χ0) is 8.69. The number of hydrogen-bond donors (Lipinski definition) is 2. The molecule has 0 saturated heterocycles. The van der Waals surface area contributed by atoms with Crippen molar-refractivity contribution >= 4 is 17.7 Å². The standard InChI is InChI=1S/C6H13NO3S/c1-10-2-3-11-5(4-7)6(8)9/h5H,2-4,7H2,1H3,(H,8,9). The van der Waals surface area contributed by atoms with E-state index in [1.165, 1.54) is 11.8 Å². The first-order valence-electron chi connectivity index (χ1n) is 3.25. The molecular weight excluding hydrogens is 166 g/mol. The van der Waals surface area contributed by atoms with Crippen molar-refractivity contribution in [2.75, 3.05) is 26.0 Å². The van der Waals surface area contributed by atoms with E-state index in [0.29, 0.717) is 12.4 Å². The summed E-state index contributed by atoms with van der Waals surface area (Å²) in [5, 5.41) is 8.04. The first kappa shape index (κ1) is 10.7. The fraction of sp³-hybridized carbons (Fsp3) is 0.833. The Kier molecular flexibility index (Phi) is 6.30. The number of carbonyl (C=O) groups is 1. The molecule has 0 aliphatic rings. The molecule has 0 saturated carbocycles. The van der Waals surface area contributed by atoms with Crippen LogP contribution in [0.3, 0.4) is 0 Å². The second-order valence-corrected chi connectivity index (χ2v) is 3.24. The largest absolute Gasteiger partial charge is 0.480 e. The third kappa shape index (κ3) is 5.06. The Morgan fingerprint density at radius 2 is 2.45 bits per heavy atom. The van der Waals surface area contributed by atoms with Crippen LogP contribution in [0, 0.1) is 0 Å². The highest BCUT2D eigenvalue weighted by Gasteiger charge is 2.14. The van der Waals surface area contributed by atoms with Crippen molar-refractivity contribution in [2.45, 2.75) is 5.25 Å². The van der Waals surface area contributed by atoms with Crippen LogP contribution in [0.1, 0.15) is 0 Å². The fourth-order valence-electron chi connectivity index (χ4n) is 0.514. The molecular formula is C6H13NO3S. The molecule has 0 bridgehead atoms. The quantitative estimate of drug-likeness (QED) is 0.551. The van der Waals surface area contributed by atoms with Gasteiger partial charge in [-0.2, -0.15) is 0 Å². The number of aliphatic carboxylic acids is 1. The van der Waals surface area contributed by atoms with E-state index in [0.717, 1.165) is 0 Å². The molecule has 1 atom stereocenters. The van der Waals surface area contributed by atoms with E-state index < -0.39 is 11.2 Å². The van der Waals surface area contributed by atoms with Crippen LogP contribution >= 0.6 is 11.8 Å². The molecule has 0 heterocycles. The molecule has 66 valence electrons. The predicted molar refractivity (Wildman–Crippen MR) is 44.8 cm³/mol. The summed E-state index contributed by atoms with van der Waals surface area (Å²) >= 11 is 1.30.